The van der Waals surface area contributed by atoms with Crippen molar-refractivity contribution in [1.82, 2.24) is 10.2 Å². The lowest BCUT2D eigenvalue weighted by molar-refractivity contribution is -0.147. The molecule has 1 saturated heterocycles. The predicted octanol–water partition coefficient (Wildman–Crippen LogP) is 0.538. The molecule has 0 bridgehead atoms. The van der Waals surface area contributed by atoms with Crippen molar-refractivity contribution in [3.05, 3.63) is 0 Å². The number of rotatable bonds is 4. The molecule has 0 saturated carbocycles. The van der Waals surface area contributed by atoms with Gasteiger partial charge in [-0.25, -0.2) is 9.59 Å². The van der Waals surface area contributed by atoms with Crippen molar-refractivity contribution in [3.63, 3.8) is 0 Å². The fourth-order valence-electron chi connectivity index (χ4n) is 2.03. The number of carbonyl (C=O) groups is 3. The van der Waals surface area contributed by atoms with Gasteiger partial charge in [0.2, 0.25) is 0 Å². The number of nitrogens with one attached hydrogen (secondary N) is 1. The first kappa shape index (κ1) is 16.6. The average molecular weight is 304 g/mol. The van der Waals surface area contributed by atoms with E-state index >= 15 is 0 Å². The zero-order chi connectivity index (χ0) is 15.3. The quantitative estimate of drug-likeness (QED) is 0.736. The van der Waals surface area contributed by atoms with Gasteiger partial charge in [0.25, 0.3) is 0 Å². The summed E-state index contributed by atoms with van der Waals surface area (Å²) < 4.78 is 4.42. The number of amides is 2. The minimum Gasteiger partial charge on any atom is -0.480 e. The summed E-state index contributed by atoms with van der Waals surface area (Å²) in [5.41, 5.74) is 0. The lowest BCUT2D eigenvalue weighted by atomic mass is 10.2. The number of carbonyl (C=O) groups excluding carboxylic acids is 2. The number of carboxylic acid groups (broad SMARTS) is 1. The molecule has 3 atom stereocenters. The van der Waals surface area contributed by atoms with Crippen LogP contribution in [0.25, 0.3) is 0 Å². The van der Waals surface area contributed by atoms with Crippen LogP contribution in [0.3, 0.4) is 0 Å². The van der Waals surface area contributed by atoms with E-state index in [4.69, 9.17) is 5.11 Å². The molecule has 2 amide bonds. The van der Waals surface area contributed by atoms with Gasteiger partial charge in [0, 0.05) is 23.6 Å². The normalized spacial score (nSPS) is 23.9. The third-order valence-corrected chi connectivity index (χ3v) is 4.13. The monoisotopic (exact) mass is 304 g/mol. The Morgan fingerprint density at radius 2 is 1.90 bits per heavy atom. The number of hydrogen-bond donors (Lipinski definition) is 2. The van der Waals surface area contributed by atoms with Crippen molar-refractivity contribution in [2.45, 2.75) is 36.8 Å². The van der Waals surface area contributed by atoms with Crippen LogP contribution in [0.5, 0.6) is 0 Å². The summed E-state index contributed by atoms with van der Waals surface area (Å²) >= 11 is 1.79. The largest absolute Gasteiger partial charge is 0.480 e. The molecule has 1 fully saturated rings. The second-order valence-electron chi connectivity index (χ2n) is 4.78. The molecule has 2 unspecified atom stereocenters. The standard InChI is InChI=1S/C12H20N2O5S/c1-7-5-14(6-8(2)20-7)12(18)13-9(11(16)17)4-10(15)19-3/h7-9H,4-6H2,1-3H3,(H,13,18)(H,16,17)/t7?,8?,9-/m0/s1. The maximum Gasteiger partial charge on any atom is 0.326 e. The molecular weight excluding hydrogens is 284 g/mol. The van der Waals surface area contributed by atoms with Crippen LogP contribution >= 0.6 is 11.8 Å². The molecule has 1 heterocycles. The molecule has 0 aliphatic carbocycles. The summed E-state index contributed by atoms with van der Waals surface area (Å²) in [4.78, 5) is 35.8. The number of esters is 1. The van der Waals surface area contributed by atoms with E-state index in [9.17, 15) is 14.4 Å². The number of methoxy groups -OCH3 is 1. The van der Waals surface area contributed by atoms with Gasteiger partial charge >= 0.3 is 18.0 Å². The van der Waals surface area contributed by atoms with E-state index < -0.39 is 24.0 Å². The second kappa shape index (κ2) is 7.37. The summed E-state index contributed by atoms with van der Waals surface area (Å²) in [6.07, 6.45) is -0.384. The van der Waals surface area contributed by atoms with Crippen LogP contribution in [0.1, 0.15) is 20.3 Å². The summed E-state index contributed by atoms with van der Waals surface area (Å²) in [7, 11) is 1.17. The van der Waals surface area contributed by atoms with Crippen molar-refractivity contribution in [2.24, 2.45) is 0 Å². The number of ether oxygens (including phenoxy) is 1. The number of carboxylic acids is 1. The van der Waals surface area contributed by atoms with Gasteiger partial charge < -0.3 is 20.1 Å². The molecule has 2 N–H and O–H groups in total. The molecule has 1 rings (SSSR count). The molecule has 8 heteroatoms. The Hall–Kier alpha value is -1.44. The lowest BCUT2D eigenvalue weighted by Crippen LogP contribution is -2.53. The Morgan fingerprint density at radius 3 is 2.35 bits per heavy atom. The van der Waals surface area contributed by atoms with E-state index in [-0.39, 0.29) is 6.42 Å². The van der Waals surface area contributed by atoms with E-state index in [2.05, 4.69) is 10.1 Å². The molecule has 0 aromatic heterocycles. The van der Waals surface area contributed by atoms with Crippen molar-refractivity contribution < 1.29 is 24.2 Å². The Bertz CT molecular complexity index is 380. The highest BCUT2D eigenvalue weighted by Gasteiger charge is 2.30. The fourth-order valence-corrected chi connectivity index (χ4v) is 3.36. The molecular formula is C12H20N2O5S. The highest BCUT2D eigenvalue weighted by atomic mass is 32.2. The number of nitrogens with zero attached hydrogens (tertiary/aromatic N) is 1. The maximum atomic E-state index is 12.1. The molecule has 1 aliphatic rings. The topological polar surface area (TPSA) is 95.9 Å². The zero-order valence-electron chi connectivity index (χ0n) is 11.8. The van der Waals surface area contributed by atoms with Gasteiger partial charge in [-0.15, -0.1) is 0 Å². The minimum atomic E-state index is -1.27. The van der Waals surface area contributed by atoms with Gasteiger partial charge in [0.1, 0.15) is 6.04 Å². The van der Waals surface area contributed by atoms with Crippen LogP contribution < -0.4 is 5.32 Å². The van der Waals surface area contributed by atoms with Gasteiger partial charge in [-0.1, -0.05) is 13.8 Å². The average Bonchev–Trinajstić information content (AvgIpc) is 2.36. The second-order valence-corrected chi connectivity index (χ2v) is 6.66. The smallest absolute Gasteiger partial charge is 0.326 e. The fraction of sp³-hybridized carbons (Fsp3) is 0.750. The number of hydrogen-bond acceptors (Lipinski definition) is 5. The van der Waals surface area contributed by atoms with Crippen LogP contribution in [0.4, 0.5) is 4.79 Å². The third-order valence-electron chi connectivity index (χ3n) is 2.90. The molecule has 0 spiro atoms. The predicted molar refractivity (Wildman–Crippen MR) is 74.7 cm³/mol. The summed E-state index contributed by atoms with van der Waals surface area (Å²) in [5, 5.41) is 12.0. The first-order chi connectivity index (χ1) is 9.33. The van der Waals surface area contributed by atoms with E-state index in [0.717, 1.165) is 0 Å². The first-order valence-electron chi connectivity index (χ1n) is 6.34. The van der Waals surface area contributed by atoms with Crippen LogP contribution in [0.15, 0.2) is 0 Å². The summed E-state index contributed by atoms with van der Waals surface area (Å²) in [6, 6.07) is -1.73. The highest BCUT2D eigenvalue weighted by molar-refractivity contribution is 8.00. The summed E-state index contributed by atoms with van der Waals surface area (Å²) in [5.74, 6) is -1.93. The Labute approximate surface area is 122 Å². The third kappa shape index (κ3) is 4.92. The van der Waals surface area contributed by atoms with Crippen LogP contribution in [-0.2, 0) is 14.3 Å². The molecule has 7 nitrogen and oxygen atoms in total. The minimum absolute atomic E-state index is 0.299. The van der Waals surface area contributed by atoms with Gasteiger partial charge in [-0.2, -0.15) is 11.8 Å². The van der Waals surface area contributed by atoms with Crippen molar-refractivity contribution in [1.29, 1.82) is 0 Å². The number of urea groups is 1. The molecule has 0 radical (unpaired) electrons. The number of thioether (sulfide) groups is 1. The van der Waals surface area contributed by atoms with Crippen LogP contribution in [0.2, 0.25) is 0 Å². The Morgan fingerprint density at radius 1 is 1.35 bits per heavy atom. The van der Waals surface area contributed by atoms with E-state index in [1.54, 1.807) is 16.7 Å². The Kier molecular flexibility index (Phi) is 6.12. The lowest BCUT2D eigenvalue weighted by Gasteiger charge is -2.35. The van der Waals surface area contributed by atoms with Gasteiger partial charge in [0.15, 0.2) is 0 Å². The molecule has 0 aromatic rings. The van der Waals surface area contributed by atoms with Crippen molar-refractivity contribution in [2.75, 3.05) is 20.2 Å². The van der Waals surface area contributed by atoms with E-state index in [1.807, 2.05) is 13.8 Å². The maximum absolute atomic E-state index is 12.1. The van der Waals surface area contributed by atoms with E-state index in [0.29, 0.717) is 23.6 Å². The number of aliphatic carboxylic acids is 1. The highest BCUT2D eigenvalue weighted by Crippen LogP contribution is 2.24. The molecule has 114 valence electrons. The van der Waals surface area contributed by atoms with Crippen molar-refractivity contribution >= 4 is 29.7 Å². The Balaban J connectivity index is 2.61. The molecule has 0 aromatic carbocycles. The zero-order valence-corrected chi connectivity index (χ0v) is 12.6. The first-order valence-corrected chi connectivity index (χ1v) is 7.28. The van der Waals surface area contributed by atoms with E-state index in [1.165, 1.54) is 7.11 Å². The molecule has 1 aliphatic heterocycles. The van der Waals surface area contributed by atoms with Gasteiger partial charge in [0.05, 0.1) is 13.5 Å². The van der Waals surface area contributed by atoms with Crippen LogP contribution in [0, 0.1) is 0 Å². The SMILES string of the molecule is COC(=O)C[C@H](NC(=O)N1CC(C)SC(C)C1)C(=O)O. The van der Waals surface area contributed by atoms with Gasteiger partial charge in [-0.05, 0) is 0 Å². The molecule has 20 heavy (non-hydrogen) atoms. The van der Waals surface area contributed by atoms with Crippen LogP contribution in [-0.4, -0.2) is 64.7 Å². The van der Waals surface area contributed by atoms with Gasteiger partial charge in [-0.3, -0.25) is 4.79 Å². The van der Waals surface area contributed by atoms with Crippen molar-refractivity contribution in [3.8, 4) is 0 Å². The summed E-state index contributed by atoms with van der Waals surface area (Å²) in [6.45, 7) is 5.16.